The number of thiophene rings is 1. The van der Waals surface area contributed by atoms with Crippen molar-refractivity contribution in [1.29, 1.82) is 0 Å². The molecule has 0 spiro atoms. The van der Waals surface area contributed by atoms with Crippen LogP contribution in [0.25, 0.3) is 0 Å². The molecule has 0 aliphatic carbocycles. The Bertz CT molecular complexity index is 467. The summed E-state index contributed by atoms with van der Waals surface area (Å²) in [5, 5.41) is 12.6. The van der Waals surface area contributed by atoms with Gasteiger partial charge in [-0.2, -0.15) is 5.10 Å². The van der Waals surface area contributed by atoms with Crippen LogP contribution >= 0.6 is 35.3 Å². The van der Waals surface area contributed by atoms with Crippen molar-refractivity contribution in [3.63, 3.8) is 0 Å². The molecule has 0 aromatic carbocycles. The second-order valence-electron chi connectivity index (χ2n) is 3.59. The third-order valence-corrected chi connectivity index (χ3v) is 3.21. The lowest BCUT2D eigenvalue weighted by molar-refractivity contribution is 0.596. The monoisotopic (exact) mass is 392 g/mol. The van der Waals surface area contributed by atoms with Crippen molar-refractivity contribution in [3.8, 4) is 0 Å². The number of rotatable bonds is 5. The zero-order chi connectivity index (χ0) is 12.6. The van der Waals surface area contributed by atoms with Gasteiger partial charge >= 0.3 is 0 Å². The standard InChI is InChI=1S/C11H16N6S.HI/c1-12-11(15-7-10-3-2-6-18-10)14-4-5-17-9-13-8-16-17;/h2-3,6,8-9H,4-5,7H2,1H3,(H2,12,14,15);1H. The Morgan fingerprint density at radius 2 is 2.37 bits per heavy atom. The van der Waals surface area contributed by atoms with Crippen molar-refractivity contribution in [2.24, 2.45) is 4.99 Å². The maximum absolute atomic E-state index is 4.16. The maximum Gasteiger partial charge on any atom is 0.191 e. The summed E-state index contributed by atoms with van der Waals surface area (Å²) in [6.07, 6.45) is 3.23. The Labute approximate surface area is 133 Å². The minimum atomic E-state index is 0. The van der Waals surface area contributed by atoms with E-state index in [-0.39, 0.29) is 24.0 Å². The Morgan fingerprint density at radius 1 is 1.47 bits per heavy atom. The smallest absolute Gasteiger partial charge is 0.191 e. The van der Waals surface area contributed by atoms with E-state index in [0.717, 1.165) is 25.6 Å². The summed E-state index contributed by atoms with van der Waals surface area (Å²) in [4.78, 5) is 9.34. The van der Waals surface area contributed by atoms with Gasteiger partial charge in [0.1, 0.15) is 12.7 Å². The summed E-state index contributed by atoms with van der Waals surface area (Å²) in [7, 11) is 1.76. The first-order chi connectivity index (χ1) is 8.88. The van der Waals surface area contributed by atoms with Gasteiger partial charge in [-0.25, -0.2) is 4.98 Å². The lowest BCUT2D eigenvalue weighted by Gasteiger charge is -2.10. The van der Waals surface area contributed by atoms with Crippen LogP contribution in [0.15, 0.2) is 35.2 Å². The normalized spacial score (nSPS) is 10.9. The van der Waals surface area contributed by atoms with Crippen molar-refractivity contribution in [2.45, 2.75) is 13.1 Å². The minimum Gasteiger partial charge on any atom is -0.355 e. The molecular weight excluding hydrogens is 375 g/mol. The molecule has 0 saturated heterocycles. The summed E-state index contributed by atoms with van der Waals surface area (Å²) in [6.45, 7) is 2.31. The van der Waals surface area contributed by atoms with E-state index in [2.05, 4.69) is 37.2 Å². The average molecular weight is 392 g/mol. The number of aromatic nitrogens is 3. The molecule has 2 aromatic heterocycles. The highest BCUT2D eigenvalue weighted by Gasteiger charge is 1.98. The third-order valence-electron chi connectivity index (χ3n) is 2.33. The molecule has 0 amide bonds. The molecule has 2 aromatic rings. The van der Waals surface area contributed by atoms with E-state index in [1.165, 1.54) is 11.2 Å². The van der Waals surface area contributed by atoms with Crippen LogP contribution in [-0.2, 0) is 13.1 Å². The Hall–Kier alpha value is -1.16. The first-order valence-electron chi connectivity index (χ1n) is 5.68. The molecule has 2 heterocycles. The van der Waals surface area contributed by atoms with Gasteiger partial charge in [0, 0.05) is 18.5 Å². The van der Waals surface area contributed by atoms with Crippen molar-refractivity contribution < 1.29 is 0 Å². The zero-order valence-corrected chi connectivity index (χ0v) is 13.8. The second-order valence-corrected chi connectivity index (χ2v) is 4.62. The van der Waals surface area contributed by atoms with Crippen LogP contribution in [0.3, 0.4) is 0 Å². The van der Waals surface area contributed by atoms with Crippen molar-refractivity contribution in [2.75, 3.05) is 13.6 Å². The van der Waals surface area contributed by atoms with Crippen LogP contribution in [0.4, 0.5) is 0 Å². The molecule has 6 nitrogen and oxygen atoms in total. The van der Waals surface area contributed by atoms with Crippen molar-refractivity contribution >= 4 is 41.3 Å². The Kier molecular flexibility index (Phi) is 7.41. The molecule has 8 heteroatoms. The van der Waals surface area contributed by atoms with E-state index in [1.54, 1.807) is 29.4 Å². The van der Waals surface area contributed by atoms with Gasteiger partial charge in [-0.15, -0.1) is 35.3 Å². The molecule has 19 heavy (non-hydrogen) atoms. The van der Waals surface area contributed by atoms with Gasteiger partial charge in [0.05, 0.1) is 13.1 Å². The van der Waals surface area contributed by atoms with Crippen LogP contribution in [-0.4, -0.2) is 34.3 Å². The molecular formula is C11H17IN6S. The van der Waals surface area contributed by atoms with Crippen LogP contribution < -0.4 is 10.6 Å². The molecule has 0 aliphatic rings. The largest absolute Gasteiger partial charge is 0.355 e. The molecule has 104 valence electrons. The molecule has 0 bridgehead atoms. The predicted octanol–water partition coefficient (Wildman–Crippen LogP) is 1.32. The first kappa shape index (κ1) is 15.9. The third kappa shape index (κ3) is 5.55. The molecule has 0 radical (unpaired) electrons. The van der Waals surface area contributed by atoms with E-state index >= 15 is 0 Å². The van der Waals surface area contributed by atoms with Gasteiger partial charge in [-0.05, 0) is 11.4 Å². The van der Waals surface area contributed by atoms with Gasteiger partial charge in [-0.1, -0.05) is 6.07 Å². The summed E-state index contributed by atoms with van der Waals surface area (Å²) in [5.41, 5.74) is 0. The van der Waals surface area contributed by atoms with Crippen LogP contribution in [0, 0.1) is 0 Å². The quantitative estimate of drug-likeness (QED) is 0.458. The van der Waals surface area contributed by atoms with E-state index < -0.39 is 0 Å². The molecule has 0 atom stereocenters. The molecule has 0 fully saturated rings. The number of hydrogen-bond acceptors (Lipinski definition) is 4. The number of guanidine groups is 1. The fourth-order valence-electron chi connectivity index (χ4n) is 1.44. The number of nitrogens with one attached hydrogen (secondary N) is 2. The first-order valence-corrected chi connectivity index (χ1v) is 6.56. The van der Waals surface area contributed by atoms with Crippen molar-refractivity contribution in [3.05, 3.63) is 35.0 Å². The van der Waals surface area contributed by atoms with E-state index in [0.29, 0.717) is 0 Å². The SMILES string of the molecule is CN=C(NCCn1cncn1)NCc1cccs1.I. The van der Waals surface area contributed by atoms with Crippen molar-refractivity contribution in [1.82, 2.24) is 25.4 Å². The Morgan fingerprint density at radius 3 is 3.00 bits per heavy atom. The molecule has 0 unspecified atom stereocenters. The van der Waals surface area contributed by atoms with Gasteiger partial charge in [-0.3, -0.25) is 9.67 Å². The highest BCUT2D eigenvalue weighted by atomic mass is 127. The van der Waals surface area contributed by atoms with E-state index in [1.807, 2.05) is 6.07 Å². The number of halogens is 1. The molecule has 2 N–H and O–H groups in total. The van der Waals surface area contributed by atoms with Crippen LogP contribution in [0.1, 0.15) is 4.88 Å². The predicted molar refractivity (Wildman–Crippen MR) is 88.0 cm³/mol. The maximum atomic E-state index is 4.16. The summed E-state index contributed by atoms with van der Waals surface area (Å²) in [5.74, 6) is 0.795. The number of aliphatic imine (C=N–C) groups is 1. The molecule has 0 aliphatic heterocycles. The minimum absolute atomic E-state index is 0. The second kappa shape index (κ2) is 8.86. The van der Waals surface area contributed by atoms with E-state index in [9.17, 15) is 0 Å². The highest BCUT2D eigenvalue weighted by molar-refractivity contribution is 14.0. The number of hydrogen-bond donors (Lipinski definition) is 2. The lowest BCUT2D eigenvalue weighted by atomic mass is 10.5. The zero-order valence-electron chi connectivity index (χ0n) is 10.6. The van der Waals surface area contributed by atoms with Gasteiger partial charge < -0.3 is 10.6 Å². The average Bonchev–Trinajstić information content (AvgIpc) is 3.06. The molecule has 2 rings (SSSR count). The summed E-state index contributed by atoms with van der Waals surface area (Å²) in [6, 6.07) is 4.14. The lowest BCUT2D eigenvalue weighted by Crippen LogP contribution is -2.38. The Balaban J connectivity index is 0.00000180. The highest BCUT2D eigenvalue weighted by Crippen LogP contribution is 2.06. The fraction of sp³-hybridized carbons (Fsp3) is 0.364. The number of nitrogens with zero attached hydrogens (tertiary/aromatic N) is 4. The van der Waals surface area contributed by atoms with Crippen LogP contribution in [0.5, 0.6) is 0 Å². The fourth-order valence-corrected chi connectivity index (χ4v) is 2.09. The van der Waals surface area contributed by atoms with Gasteiger partial charge in [0.15, 0.2) is 5.96 Å². The van der Waals surface area contributed by atoms with Crippen LogP contribution in [0.2, 0.25) is 0 Å². The van der Waals surface area contributed by atoms with Gasteiger partial charge in [0.2, 0.25) is 0 Å². The summed E-state index contributed by atoms with van der Waals surface area (Å²) < 4.78 is 1.78. The summed E-state index contributed by atoms with van der Waals surface area (Å²) >= 11 is 1.73. The van der Waals surface area contributed by atoms with Gasteiger partial charge in [0.25, 0.3) is 0 Å². The molecule has 0 saturated carbocycles. The topological polar surface area (TPSA) is 67.1 Å². The van der Waals surface area contributed by atoms with E-state index in [4.69, 9.17) is 0 Å².